The molecule has 1 fully saturated rings. The molecule has 0 aromatic carbocycles. The number of nitrogens with two attached hydrogens (primary N) is 1. The van der Waals surface area contributed by atoms with E-state index in [2.05, 4.69) is 0 Å². The van der Waals surface area contributed by atoms with E-state index in [9.17, 15) is 18.0 Å². The van der Waals surface area contributed by atoms with Crippen LogP contribution in [-0.2, 0) is 14.8 Å². The molecule has 0 radical (unpaired) electrons. The smallest absolute Gasteiger partial charge is 0.318 e. The predicted octanol–water partition coefficient (Wildman–Crippen LogP) is -1.46. The third-order valence-corrected chi connectivity index (χ3v) is 5.09. The first-order chi connectivity index (χ1) is 8.77. The molecule has 0 saturated carbocycles. The van der Waals surface area contributed by atoms with Gasteiger partial charge < -0.3 is 5.73 Å². The van der Waals surface area contributed by atoms with Crippen molar-refractivity contribution in [3.63, 3.8) is 0 Å². The average molecular weight is 292 g/mol. The summed E-state index contributed by atoms with van der Waals surface area (Å²) < 4.78 is 24.8. The highest BCUT2D eigenvalue weighted by Gasteiger charge is 2.30. The fraction of sp³-hybridized carbons (Fsp3) is 0.800. The first-order valence-electron chi connectivity index (χ1n) is 6.10. The van der Waals surface area contributed by atoms with E-state index in [-0.39, 0.29) is 5.75 Å². The summed E-state index contributed by atoms with van der Waals surface area (Å²) >= 11 is 0. The maximum atomic E-state index is 11.7. The van der Waals surface area contributed by atoms with Gasteiger partial charge in [0.2, 0.25) is 15.9 Å². The summed E-state index contributed by atoms with van der Waals surface area (Å²) in [6.45, 7) is 4.86. The van der Waals surface area contributed by atoms with Gasteiger partial charge in [-0.15, -0.1) is 0 Å². The fourth-order valence-corrected chi connectivity index (χ4v) is 3.03. The molecule has 1 rings (SSSR count). The van der Waals surface area contributed by atoms with E-state index >= 15 is 0 Å². The van der Waals surface area contributed by atoms with Crippen molar-refractivity contribution in [2.75, 3.05) is 31.9 Å². The molecule has 8 nitrogen and oxygen atoms in total. The van der Waals surface area contributed by atoms with Crippen molar-refractivity contribution in [1.29, 1.82) is 0 Å². The Bertz CT molecular complexity index is 442. The summed E-state index contributed by atoms with van der Waals surface area (Å²) in [6.07, 6.45) is 0. The highest BCUT2D eigenvalue weighted by Crippen LogP contribution is 2.10. The van der Waals surface area contributed by atoms with E-state index in [0.717, 1.165) is 0 Å². The molecule has 0 unspecified atom stereocenters. The number of rotatable bonds is 4. The molecule has 1 saturated heterocycles. The van der Waals surface area contributed by atoms with E-state index in [1.807, 2.05) is 10.2 Å². The minimum Gasteiger partial charge on any atom is -0.351 e. The second-order valence-electron chi connectivity index (χ2n) is 4.37. The van der Waals surface area contributed by atoms with Gasteiger partial charge >= 0.3 is 6.03 Å². The van der Waals surface area contributed by atoms with Crippen LogP contribution in [0, 0.1) is 0 Å². The number of carbonyl (C=O) groups is 2. The van der Waals surface area contributed by atoms with Crippen LogP contribution in [0.4, 0.5) is 4.79 Å². The molecular formula is C10H20N4O4S. The van der Waals surface area contributed by atoms with Crippen LogP contribution in [0.5, 0.6) is 0 Å². The lowest BCUT2D eigenvalue weighted by molar-refractivity contribution is -0.125. The molecule has 1 atom stereocenters. The molecule has 3 amide bonds. The third-order valence-electron chi connectivity index (χ3n) is 3.20. The molecule has 19 heavy (non-hydrogen) atoms. The normalized spacial score (nSPS) is 19.9. The number of nitrogens with zero attached hydrogens (tertiary/aromatic N) is 2. The van der Waals surface area contributed by atoms with Gasteiger partial charge in [-0.2, -0.15) is 4.31 Å². The lowest BCUT2D eigenvalue weighted by atomic mass is 10.2. The van der Waals surface area contributed by atoms with E-state index in [1.165, 1.54) is 4.31 Å². The van der Waals surface area contributed by atoms with E-state index in [0.29, 0.717) is 26.2 Å². The monoisotopic (exact) mass is 292 g/mol. The molecule has 110 valence electrons. The van der Waals surface area contributed by atoms with Crippen molar-refractivity contribution in [3.05, 3.63) is 0 Å². The Hall–Kier alpha value is -1.19. The summed E-state index contributed by atoms with van der Waals surface area (Å²) in [5, 5.41) is 2.02. The summed E-state index contributed by atoms with van der Waals surface area (Å²) in [7, 11) is -3.18. The SMILES string of the molecule is CCS(=O)(=O)N1CCN([C@@H](C)C(=O)NC(N)=O)CC1. The minimum atomic E-state index is -3.18. The predicted molar refractivity (Wildman–Crippen MR) is 69.8 cm³/mol. The Balaban J connectivity index is 2.54. The van der Waals surface area contributed by atoms with Crippen molar-refractivity contribution in [3.8, 4) is 0 Å². The number of imide groups is 1. The highest BCUT2D eigenvalue weighted by molar-refractivity contribution is 7.89. The number of amides is 3. The molecule has 1 heterocycles. The van der Waals surface area contributed by atoms with Crippen LogP contribution in [0.2, 0.25) is 0 Å². The number of hydrogen-bond acceptors (Lipinski definition) is 5. The molecule has 9 heteroatoms. The second kappa shape index (κ2) is 6.31. The zero-order chi connectivity index (χ0) is 14.6. The number of urea groups is 1. The first kappa shape index (κ1) is 15.9. The minimum absolute atomic E-state index is 0.0741. The number of sulfonamides is 1. The summed E-state index contributed by atoms with van der Waals surface area (Å²) in [6, 6.07) is -1.40. The van der Waals surface area contributed by atoms with Crippen molar-refractivity contribution >= 4 is 22.0 Å². The van der Waals surface area contributed by atoms with Crippen molar-refractivity contribution in [1.82, 2.24) is 14.5 Å². The van der Waals surface area contributed by atoms with Gasteiger partial charge in [0, 0.05) is 26.2 Å². The van der Waals surface area contributed by atoms with Crippen LogP contribution in [0.15, 0.2) is 0 Å². The lowest BCUT2D eigenvalue weighted by Gasteiger charge is -2.36. The number of nitrogens with one attached hydrogen (secondary N) is 1. The second-order valence-corrected chi connectivity index (χ2v) is 6.62. The maximum absolute atomic E-state index is 11.7. The van der Waals surface area contributed by atoms with Crippen molar-refractivity contribution < 1.29 is 18.0 Å². The van der Waals surface area contributed by atoms with Crippen molar-refractivity contribution in [2.24, 2.45) is 5.73 Å². The summed E-state index contributed by atoms with van der Waals surface area (Å²) in [5.41, 5.74) is 4.88. The molecule has 0 aromatic rings. The largest absolute Gasteiger partial charge is 0.351 e. The van der Waals surface area contributed by atoms with Crippen LogP contribution >= 0.6 is 0 Å². The Kier molecular flexibility index (Phi) is 5.27. The topological polar surface area (TPSA) is 113 Å². The van der Waals surface area contributed by atoms with Crippen LogP contribution in [0.25, 0.3) is 0 Å². The molecule has 3 N–H and O–H groups in total. The standard InChI is InChI=1S/C10H20N4O4S/c1-3-19(17,18)14-6-4-13(5-7-14)8(2)9(15)12-10(11)16/h8H,3-7H2,1-2H3,(H3,11,12,15,16)/t8-/m0/s1. The van der Waals surface area contributed by atoms with Crippen LogP contribution in [0.1, 0.15) is 13.8 Å². The Morgan fingerprint density at radius 1 is 1.26 bits per heavy atom. The van der Waals surface area contributed by atoms with Gasteiger partial charge in [-0.3, -0.25) is 15.0 Å². The van der Waals surface area contributed by atoms with E-state index < -0.39 is 28.0 Å². The Morgan fingerprint density at radius 3 is 2.21 bits per heavy atom. The molecule has 1 aliphatic rings. The van der Waals surface area contributed by atoms with Gasteiger partial charge in [-0.1, -0.05) is 0 Å². The van der Waals surface area contributed by atoms with Gasteiger partial charge in [-0.05, 0) is 13.8 Å². The number of primary amides is 1. The zero-order valence-corrected chi connectivity index (χ0v) is 11.9. The molecule has 0 spiro atoms. The Morgan fingerprint density at radius 2 is 1.79 bits per heavy atom. The summed E-state index contributed by atoms with van der Waals surface area (Å²) in [4.78, 5) is 24.0. The number of piperazine rings is 1. The maximum Gasteiger partial charge on any atom is 0.318 e. The van der Waals surface area contributed by atoms with Crippen molar-refractivity contribution in [2.45, 2.75) is 19.9 Å². The number of hydrogen-bond donors (Lipinski definition) is 2. The van der Waals surface area contributed by atoms with Gasteiger partial charge in [0.15, 0.2) is 0 Å². The van der Waals surface area contributed by atoms with E-state index in [1.54, 1.807) is 13.8 Å². The van der Waals surface area contributed by atoms with Crippen LogP contribution in [-0.4, -0.2) is 67.5 Å². The molecule has 1 aliphatic heterocycles. The average Bonchev–Trinajstić information content (AvgIpc) is 2.37. The van der Waals surface area contributed by atoms with Gasteiger partial charge in [0.1, 0.15) is 0 Å². The Labute approximate surface area is 113 Å². The lowest BCUT2D eigenvalue weighted by Crippen LogP contribution is -2.56. The molecule has 0 aliphatic carbocycles. The zero-order valence-electron chi connectivity index (χ0n) is 11.1. The van der Waals surface area contributed by atoms with Crippen LogP contribution in [0.3, 0.4) is 0 Å². The quantitative estimate of drug-likeness (QED) is 0.657. The highest BCUT2D eigenvalue weighted by atomic mass is 32.2. The third kappa shape index (κ3) is 4.15. The molecular weight excluding hydrogens is 272 g/mol. The van der Waals surface area contributed by atoms with Crippen LogP contribution < -0.4 is 11.1 Å². The first-order valence-corrected chi connectivity index (χ1v) is 7.71. The molecule has 0 aromatic heterocycles. The number of carbonyl (C=O) groups excluding carboxylic acids is 2. The van der Waals surface area contributed by atoms with Gasteiger partial charge in [-0.25, -0.2) is 13.2 Å². The summed E-state index contributed by atoms with van der Waals surface area (Å²) in [5.74, 6) is -0.399. The van der Waals surface area contributed by atoms with Gasteiger partial charge in [0.05, 0.1) is 11.8 Å². The van der Waals surface area contributed by atoms with E-state index in [4.69, 9.17) is 5.73 Å². The fourth-order valence-electron chi connectivity index (χ4n) is 1.94. The van der Waals surface area contributed by atoms with Gasteiger partial charge in [0.25, 0.3) is 0 Å². The molecule has 0 bridgehead atoms.